The zero-order valence-electron chi connectivity index (χ0n) is 5.98. The molecule has 64 valence electrons. The van der Waals surface area contributed by atoms with Crippen LogP contribution >= 0.6 is 0 Å². The molecule has 1 amide bonds. The smallest absolute Gasteiger partial charge is 0.243 e. The van der Waals surface area contributed by atoms with Gasteiger partial charge in [-0.05, 0) is 24.8 Å². The zero-order valence-corrected chi connectivity index (χ0v) is 5.98. The van der Waals surface area contributed by atoms with Crippen molar-refractivity contribution in [2.75, 3.05) is 0 Å². The Bertz CT molecular complexity index is 113. The zero-order chi connectivity index (χ0) is 5.86. The maximum Gasteiger partial charge on any atom is 0.243 e. The minimum Gasteiger partial charge on any atom is -0.366 e. The lowest BCUT2D eigenvalue weighted by Gasteiger charge is -1.85. The average Bonchev–Trinajstić information content (AvgIpc) is 1.65. The Kier molecular flexibility index (Phi) is 25.5. The van der Waals surface area contributed by atoms with Crippen LogP contribution in [-0.2, 0) is 4.79 Å². The molecule has 10 heavy (non-hydrogen) atoms. The fourth-order valence-corrected chi connectivity index (χ4v) is 0.142. The lowest BCUT2D eigenvalue weighted by molar-refractivity contribution is -0.114. The third-order valence-corrected chi connectivity index (χ3v) is 0.822. The lowest BCUT2D eigenvalue weighted by atomic mass is 10.3. The van der Waals surface area contributed by atoms with Crippen molar-refractivity contribution in [2.45, 2.75) is 13.8 Å². The lowest BCUT2D eigenvalue weighted by Crippen LogP contribution is -2.10. The van der Waals surface area contributed by atoms with E-state index in [-0.39, 0.29) is 29.2 Å². The first-order valence-electron chi connectivity index (χ1n) is 2.11. The summed E-state index contributed by atoms with van der Waals surface area (Å²) in [7, 11) is 0. The number of hydrogen-bond donors (Lipinski definition) is 3. The molecule has 0 aromatic heterocycles. The topological polar surface area (TPSA) is 113 Å². The second-order valence-electron chi connectivity index (χ2n) is 1.34. The van der Waals surface area contributed by atoms with Crippen LogP contribution in [0, 0.1) is 0 Å². The fraction of sp³-hybridized carbons (Fsp3) is 0.400. The highest BCUT2D eigenvalue weighted by Crippen LogP contribution is 1.85. The van der Waals surface area contributed by atoms with E-state index in [0.717, 1.165) is 0 Å². The van der Waals surface area contributed by atoms with Crippen LogP contribution in [0.5, 0.6) is 0 Å². The van der Waals surface area contributed by atoms with Crippen molar-refractivity contribution >= 4 is 16.9 Å². The molecule has 0 aliphatic carbocycles. The van der Waals surface area contributed by atoms with Crippen molar-refractivity contribution in [3.8, 4) is 0 Å². The van der Waals surface area contributed by atoms with Crippen LogP contribution in [0.4, 0.5) is 0 Å². The molecule has 5 heteroatoms. The number of carbonyl (C=O) groups is 1. The van der Waals surface area contributed by atoms with Gasteiger partial charge in [-0.3, -0.25) is 4.79 Å². The van der Waals surface area contributed by atoms with Gasteiger partial charge in [0.15, 0.2) is 0 Å². The van der Waals surface area contributed by atoms with Gasteiger partial charge in [0, 0.05) is 5.57 Å². The maximum absolute atomic E-state index is 10.1. The Balaban J connectivity index is -0.0000000600. The number of amides is 1. The van der Waals surface area contributed by atoms with Crippen LogP contribution in [-0.4, -0.2) is 16.9 Å². The van der Waals surface area contributed by atoms with E-state index in [4.69, 9.17) is 5.73 Å². The van der Waals surface area contributed by atoms with Crippen LogP contribution in [0.2, 0.25) is 0 Å². The minimum absolute atomic E-state index is 0. The van der Waals surface area contributed by atoms with Crippen LogP contribution in [0.1, 0.15) is 13.8 Å². The molecule has 0 bridgehead atoms. The molecule has 0 spiro atoms. The van der Waals surface area contributed by atoms with E-state index in [2.05, 4.69) is 0 Å². The Hall–Kier alpha value is -0.653. The van der Waals surface area contributed by atoms with E-state index in [9.17, 15) is 4.79 Å². The molecule has 0 saturated carbocycles. The molecule has 0 aliphatic rings. The summed E-state index contributed by atoms with van der Waals surface area (Å²) in [5.41, 5.74) is 5.45. The molecule has 0 radical (unpaired) electrons. The molecular weight excluding hydrogens is 146 g/mol. The number of hydrogen-bond acceptors (Lipinski definition) is 3. The van der Waals surface area contributed by atoms with Gasteiger partial charge in [-0.2, -0.15) is 0 Å². The average molecular weight is 165 g/mol. The van der Waals surface area contributed by atoms with Gasteiger partial charge >= 0.3 is 0 Å². The summed E-state index contributed by atoms with van der Waals surface area (Å²) in [5.74, 6) is -0.345. The first kappa shape index (κ1) is 22.8. The summed E-state index contributed by atoms with van der Waals surface area (Å²) in [4.78, 5) is 10.1. The summed E-state index contributed by atoms with van der Waals surface area (Å²) in [5, 5.41) is 0. The third-order valence-electron chi connectivity index (χ3n) is 0.822. The van der Waals surface area contributed by atoms with Crippen molar-refractivity contribution in [1.29, 1.82) is 0 Å². The maximum atomic E-state index is 10.1. The first-order valence-corrected chi connectivity index (χ1v) is 2.11. The highest BCUT2D eigenvalue weighted by Gasteiger charge is 1.90. The second kappa shape index (κ2) is 11.2. The molecule has 0 aromatic rings. The van der Waals surface area contributed by atoms with Crippen molar-refractivity contribution < 1.29 is 4.79 Å². The SMILES string of the molecule is CC=C(C)C(N)=O.N.N.[SiH4]. The second-order valence-corrected chi connectivity index (χ2v) is 1.34. The van der Waals surface area contributed by atoms with Gasteiger partial charge in [-0.25, -0.2) is 0 Å². The van der Waals surface area contributed by atoms with Crippen molar-refractivity contribution in [2.24, 2.45) is 5.73 Å². The molecule has 0 unspecified atom stereocenters. The molecule has 4 nitrogen and oxygen atoms in total. The normalized spacial score (nSPS) is 8.00. The number of carbonyl (C=O) groups excluding carboxylic acids is 1. The van der Waals surface area contributed by atoms with E-state index >= 15 is 0 Å². The first-order chi connectivity index (χ1) is 3.18. The molecule has 0 rings (SSSR count). The molecule has 0 aromatic carbocycles. The fourth-order valence-electron chi connectivity index (χ4n) is 0.142. The van der Waals surface area contributed by atoms with Gasteiger partial charge in [0.1, 0.15) is 0 Å². The van der Waals surface area contributed by atoms with Gasteiger partial charge in [-0.1, -0.05) is 6.08 Å². The molecule has 0 heterocycles. The Morgan fingerprint density at radius 1 is 1.40 bits per heavy atom. The van der Waals surface area contributed by atoms with E-state index in [0.29, 0.717) is 5.57 Å². The highest BCUT2D eigenvalue weighted by molar-refractivity contribution is 5.91. The third kappa shape index (κ3) is 10.4. The van der Waals surface area contributed by atoms with Crippen LogP contribution in [0.15, 0.2) is 11.6 Å². The predicted molar refractivity (Wildman–Crippen MR) is 50.0 cm³/mol. The Morgan fingerprint density at radius 3 is 1.70 bits per heavy atom. The van der Waals surface area contributed by atoms with Crippen molar-refractivity contribution in [3.63, 3.8) is 0 Å². The number of nitrogens with two attached hydrogens (primary N) is 1. The van der Waals surface area contributed by atoms with E-state index in [1.54, 1.807) is 19.9 Å². The summed E-state index contributed by atoms with van der Waals surface area (Å²) in [6.45, 7) is 3.46. The molecule has 0 saturated heterocycles. The summed E-state index contributed by atoms with van der Waals surface area (Å²) < 4.78 is 0. The standard InChI is InChI=1S/C5H9NO.2H3N.H4Si/c1-3-4(2)5(6)7;;;/h3H,1-2H3,(H2,6,7);2*1H3;1H4. The van der Waals surface area contributed by atoms with Crippen LogP contribution < -0.4 is 18.0 Å². The number of primary amides is 1. The van der Waals surface area contributed by atoms with E-state index in [1.165, 1.54) is 0 Å². The highest BCUT2D eigenvalue weighted by atomic mass is 28.1. The van der Waals surface area contributed by atoms with Crippen LogP contribution in [0.25, 0.3) is 0 Å². The summed E-state index contributed by atoms with van der Waals surface area (Å²) in [6.07, 6.45) is 1.68. The van der Waals surface area contributed by atoms with Crippen LogP contribution in [0.3, 0.4) is 0 Å². The monoisotopic (exact) mass is 165 g/mol. The van der Waals surface area contributed by atoms with Gasteiger partial charge in [-0.15, -0.1) is 0 Å². The summed E-state index contributed by atoms with van der Waals surface area (Å²) in [6, 6.07) is 0. The predicted octanol–water partition coefficient (Wildman–Crippen LogP) is -0.690. The molecule has 0 atom stereocenters. The van der Waals surface area contributed by atoms with Gasteiger partial charge in [0.25, 0.3) is 0 Å². The minimum atomic E-state index is -0.345. The van der Waals surface area contributed by atoms with E-state index in [1.807, 2.05) is 0 Å². The largest absolute Gasteiger partial charge is 0.366 e. The number of allylic oxidation sites excluding steroid dienone is 1. The quantitative estimate of drug-likeness (QED) is 0.353. The van der Waals surface area contributed by atoms with Gasteiger partial charge < -0.3 is 18.0 Å². The molecule has 0 aliphatic heterocycles. The van der Waals surface area contributed by atoms with Gasteiger partial charge in [0.2, 0.25) is 5.91 Å². The molecule has 0 fully saturated rings. The Labute approximate surface area is 66.1 Å². The molecular formula is C5H19N3OSi. The number of rotatable bonds is 1. The Morgan fingerprint density at radius 2 is 1.70 bits per heavy atom. The van der Waals surface area contributed by atoms with Gasteiger partial charge in [0.05, 0.1) is 0 Å². The van der Waals surface area contributed by atoms with Crippen molar-refractivity contribution in [1.82, 2.24) is 12.3 Å². The molecule has 8 N–H and O–H groups in total. The van der Waals surface area contributed by atoms with Crippen molar-refractivity contribution in [3.05, 3.63) is 11.6 Å². The van der Waals surface area contributed by atoms with E-state index < -0.39 is 0 Å². The summed E-state index contributed by atoms with van der Waals surface area (Å²) >= 11 is 0.